The highest BCUT2D eigenvalue weighted by molar-refractivity contribution is 7.07. The molecule has 0 fully saturated rings. The first-order valence-electron chi connectivity index (χ1n) is 9.26. The van der Waals surface area contributed by atoms with Gasteiger partial charge in [-0.2, -0.15) is 0 Å². The summed E-state index contributed by atoms with van der Waals surface area (Å²) in [6.07, 6.45) is 0.857. The summed E-state index contributed by atoms with van der Waals surface area (Å²) in [7, 11) is 1.59. The third kappa shape index (κ3) is 5.67. The highest BCUT2D eigenvalue weighted by Crippen LogP contribution is 2.30. The standard InChI is InChI=1S/C21H23ClFN3O2S/c1-28-20-13-16(22)5-8-18(20)25-21-26(11-2-9-24-10-12-27)19(14-29-21)15-3-6-17(23)7-4-15/h3-8,13-14,24,27H,2,9-12H2,1H3/b25-21+. The van der Waals surface area contributed by atoms with Crippen LogP contribution in [0.5, 0.6) is 5.75 Å². The van der Waals surface area contributed by atoms with Crippen molar-refractivity contribution in [2.75, 3.05) is 26.8 Å². The Morgan fingerprint density at radius 2 is 2.00 bits per heavy atom. The molecule has 2 N–H and O–H groups in total. The average molecular weight is 436 g/mol. The number of hydrogen-bond acceptors (Lipinski definition) is 5. The topological polar surface area (TPSA) is 58.8 Å². The number of rotatable bonds is 9. The molecular weight excluding hydrogens is 413 g/mol. The molecule has 0 atom stereocenters. The zero-order valence-corrected chi connectivity index (χ0v) is 17.6. The van der Waals surface area contributed by atoms with Crippen LogP contribution in [0, 0.1) is 5.82 Å². The maximum atomic E-state index is 13.4. The molecule has 2 aromatic carbocycles. The molecule has 1 aromatic heterocycles. The molecule has 0 bridgehead atoms. The third-order valence-corrected chi connectivity index (χ3v) is 5.42. The van der Waals surface area contributed by atoms with Crippen LogP contribution < -0.4 is 14.9 Å². The summed E-state index contributed by atoms with van der Waals surface area (Å²) in [6.45, 7) is 2.18. The van der Waals surface area contributed by atoms with Crippen LogP contribution in [0.15, 0.2) is 52.8 Å². The van der Waals surface area contributed by atoms with E-state index in [-0.39, 0.29) is 12.4 Å². The third-order valence-electron chi connectivity index (χ3n) is 4.32. The van der Waals surface area contributed by atoms with Gasteiger partial charge in [-0.05, 0) is 54.9 Å². The van der Waals surface area contributed by atoms with Crippen molar-refractivity contribution in [2.45, 2.75) is 13.0 Å². The van der Waals surface area contributed by atoms with E-state index in [1.165, 1.54) is 23.5 Å². The van der Waals surface area contributed by atoms with E-state index in [4.69, 9.17) is 26.4 Å². The summed E-state index contributed by atoms with van der Waals surface area (Å²) in [5.41, 5.74) is 2.59. The monoisotopic (exact) mass is 435 g/mol. The molecule has 0 spiro atoms. The van der Waals surface area contributed by atoms with Crippen LogP contribution in [-0.4, -0.2) is 36.5 Å². The predicted molar refractivity (Wildman–Crippen MR) is 116 cm³/mol. The first kappa shape index (κ1) is 21.5. The van der Waals surface area contributed by atoms with E-state index in [1.807, 2.05) is 11.4 Å². The van der Waals surface area contributed by atoms with Crippen molar-refractivity contribution in [1.29, 1.82) is 0 Å². The van der Waals surface area contributed by atoms with Crippen LogP contribution in [-0.2, 0) is 6.54 Å². The van der Waals surface area contributed by atoms with E-state index < -0.39 is 0 Å². The largest absolute Gasteiger partial charge is 0.494 e. The number of benzene rings is 2. The summed E-state index contributed by atoms with van der Waals surface area (Å²) in [6, 6.07) is 11.8. The SMILES string of the molecule is COc1cc(Cl)ccc1/N=c1/scc(-c2ccc(F)cc2)n1CCCNCCO. The minimum Gasteiger partial charge on any atom is -0.494 e. The number of nitrogens with zero attached hydrogens (tertiary/aromatic N) is 2. The van der Waals surface area contributed by atoms with Gasteiger partial charge in [0.05, 0.1) is 19.4 Å². The fraction of sp³-hybridized carbons (Fsp3) is 0.286. The minimum atomic E-state index is -0.264. The van der Waals surface area contributed by atoms with Crippen LogP contribution in [0.4, 0.5) is 10.1 Å². The number of halogens is 2. The van der Waals surface area contributed by atoms with Gasteiger partial charge in [-0.15, -0.1) is 11.3 Å². The molecule has 1 heterocycles. The number of hydrogen-bond donors (Lipinski definition) is 2. The molecule has 0 amide bonds. The quantitative estimate of drug-likeness (QED) is 0.495. The van der Waals surface area contributed by atoms with Crippen LogP contribution >= 0.6 is 22.9 Å². The second kappa shape index (κ2) is 10.5. The Hall–Kier alpha value is -2.19. The number of ether oxygens (including phenoxy) is 1. The number of methoxy groups -OCH3 is 1. The zero-order chi connectivity index (χ0) is 20.6. The van der Waals surface area contributed by atoms with Crippen molar-refractivity contribution in [3.63, 3.8) is 0 Å². The fourth-order valence-corrected chi connectivity index (χ4v) is 4.01. The lowest BCUT2D eigenvalue weighted by Crippen LogP contribution is -2.23. The van der Waals surface area contributed by atoms with Gasteiger partial charge in [-0.3, -0.25) is 0 Å². The maximum Gasteiger partial charge on any atom is 0.190 e. The van der Waals surface area contributed by atoms with Crippen LogP contribution in [0.25, 0.3) is 11.3 Å². The molecule has 8 heteroatoms. The van der Waals surface area contributed by atoms with Gasteiger partial charge in [0.15, 0.2) is 4.80 Å². The van der Waals surface area contributed by atoms with E-state index in [9.17, 15) is 4.39 Å². The van der Waals surface area contributed by atoms with Gasteiger partial charge < -0.3 is 19.7 Å². The van der Waals surface area contributed by atoms with Crippen LogP contribution in [0.3, 0.4) is 0 Å². The smallest absolute Gasteiger partial charge is 0.190 e. The van der Waals surface area contributed by atoms with Gasteiger partial charge in [0.25, 0.3) is 0 Å². The molecule has 29 heavy (non-hydrogen) atoms. The normalized spacial score (nSPS) is 11.8. The van der Waals surface area contributed by atoms with E-state index in [0.29, 0.717) is 23.0 Å². The molecule has 5 nitrogen and oxygen atoms in total. The first-order chi connectivity index (χ1) is 14.1. The van der Waals surface area contributed by atoms with E-state index in [0.717, 1.165) is 35.6 Å². The fourth-order valence-electron chi connectivity index (χ4n) is 2.90. The van der Waals surface area contributed by atoms with Gasteiger partial charge in [0.2, 0.25) is 0 Å². The number of aliphatic hydroxyl groups is 1. The van der Waals surface area contributed by atoms with Crippen molar-refractivity contribution in [2.24, 2.45) is 4.99 Å². The molecule has 3 rings (SSSR count). The van der Waals surface area contributed by atoms with Gasteiger partial charge in [0, 0.05) is 29.6 Å². The maximum absolute atomic E-state index is 13.4. The van der Waals surface area contributed by atoms with Crippen molar-refractivity contribution in [3.05, 3.63) is 63.5 Å². The van der Waals surface area contributed by atoms with Gasteiger partial charge >= 0.3 is 0 Å². The lowest BCUT2D eigenvalue weighted by atomic mass is 10.1. The second-order valence-electron chi connectivity index (χ2n) is 6.32. The number of aromatic nitrogens is 1. The number of aliphatic hydroxyl groups excluding tert-OH is 1. The summed E-state index contributed by atoms with van der Waals surface area (Å²) < 4.78 is 20.9. The summed E-state index contributed by atoms with van der Waals surface area (Å²) in [5, 5.41) is 14.7. The van der Waals surface area contributed by atoms with E-state index >= 15 is 0 Å². The first-order valence-corrected chi connectivity index (χ1v) is 10.5. The van der Waals surface area contributed by atoms with Crippen molar-refractivity contribution >= 4 is 28.6 Å². The Bertz CT molecular complexity index is 1000. The molecule has 0 saturated carbocycles. The van der Waals surface area contributed by atoms with Crippen molar-refractivity contribution in [3.8, 4) is 17.0 Å². The number of nitrogens with one attached hydrogen (secondary N) is 1. The summed E-state index contributed by atoms with van der Waals surface area (Å²) in [5.74, 6) is 0.338. The Balaban J connectivity index is 1.99. The molecule has 0 unspecified atom stereocenters. The predicted octanol–water partition coefficient (Wildman–Crippen LogP) is 4.22. The Morgan fingerprint density at radius 1 is 1.21 bits per heavy atom. The second-order valence-corrected chi connectivity index (χ2v) is 7.59. The molecule has 0 radical (unpaired) electrons. The molecule has 154 valence electrons. The molecule has 0 saturated heterocycles. The van der Waals surface area contributed by atoms with Gasteiger partial charge in [-0.1, -0.05) is 11.6 Å². The average Bonchev–Trinajstić information content (AvgIpc) is 3.12. The number of thiazole rings is 1. The lowest BCUT2D eigenvalue weighted by molar-refractivity contribution is 0.291. The Labute approximate surface area is 178 Å². The molecule has 0 aliphatic heterocycles. The lowest BCUT2D eigenvalue weighted by Gasteiger charge is -2.10. The molecular formula is C21H23ClFN3O2S. The molecule has 0 aliphatic carbocycles. The van der Waals surface area contributed by atoms with Crippen molar-refractivity contribution < 1.29 is 14.2 Å². The molecule has 3 aromatic rings. The van der Waals surface area contributed by atoms with Gasteiger partial charge in [-0.25, -0.2) is 9.38 Å². The highest BCUT2D eigenvalue weighted by atomic mass is 35.5. The van der Waals surface area contributed by atoms with Crippen LogP contribution in [0.2, 0.25) is 5.02 Å². The Morgan fingerprint density at radius 3 is 2.72 bits per heavy atom. The van der Waals surface area contributed by atoms with E-state index in [1.54, 1.807) is 31.4 Å². The van der Waals surface area contributed by atoms with Gasteiger partial charge in [0.1, 0.15) is 17.3 Å². The highest BCUT2D eigenvalue weighted by Gasteiger charge is 2.10. The minimum absolute atomic E-state index is 0.114. The zero-order valence-electron chi connectivity index (χ0n) is 16.1. The van der Waals surface area contributed by atoms with E-state index in [2.05, 4.69) is 9.88 Å². The Kier molecular flexibility index (Phi) is 7.83. The van der Waals surface area contributed by atoms with Crippen molar-refractivity contribution in [1.82, 2.24) is 9.88 Å². The summed E-state index contributed by atoms with van der Waals surface area (Å²) >= 11 is 7.57. The van der Waals surface area contributed by atoms with Crippen LogP contribution in [0.1, 0.15) is 6.42 Å². The molecule has 0 aliphatic rings. The summed E-state index contributed by atoms with van der Waals surface area (Å²) in [4.78, 5) is 5.61.